The molecule has 0 unspecified atom stereocenters. The molecular formula is C25H22BrClN6O2S. The lowest BCUT2D eigenvalue weighted by atomic mass is 10.2. The third-order valence-electron chi connectivity index (χ3n) is 5.03. The Morgan fingerprint density at radius 3 is 2.67 bits per heavy atom. The fourth-order valence-electron chi connectivity index (χ4n) is 3.17. The van der Waals surface area contributed by atoms with Crippen LogP contribution in [0, 0.1) is 0 Å². The maximum Gasteiger partial charge on any atom is 0.253 e. The topological polar surface area (TPSA) is 104 Å². The average Bonchev–Trinajstić information content (AvgIpc) is 3.28. The predicted molar refractivity (Wildman–Crippen MR) is 147 cm³/mol. The summed E-state index contributed by atoms with van der Waals surface area (Å²) in [5.41, 5.74) is 4.73. The van der Waals surface area contributed by atoms with Gasteiger partial charge in [-0.25, -0.2) is 5.43 Å². The summed E-state index contributed by atoms with van der Waals surface area (Å²) in [6, 6.07) is 22.2. The number of nitrogens with one attached hydrogen (secondary N) is 2. The van der Waals surface area contributed by atoms with E-state index in [1.54, 1.807) is 19.1 Å². The second kappa shape index (κ2) is 12.1. The molecule has 1 atom stereocenters. The number of phenolic OH excluding ortho intramolecular Hbond substituents is 1. The highest BCUT2D eigenvalue weighted by atomic mass is 79.9. The monoisotopic (exact) mass is 584 g/mol. The zero-order chi connectivity index (χ0) is 25.5. The van der Waals surface area contributed by atoms with Gasteiger partial charge in [0.2, 0.25) is 0 Å². The molecule has 0 spiro atoms. The van der Waals surface area contributed by atoms with Gasteiger partial charge in [-0.2, -0.15) is 5.10 Å². The van der Waals surface area contributed by atoms with Crippen LogP contribution in [-0.4, -0.2) is 37.2 Å². The Morgan fingerprint density at radius 1 is 1.17 bits per heavy atom. The van der Waals surface area contributed by atoms with Crippen molar-refractivity contribution in [2.24, 2.45) is 5.10 Å². The number of carbonyl (C=O) groups excluding carboxylic acids is 1. The van der Waals surface area contributed by atoms with Gasteiger partial charge in [0.1, 0.15) is 5.75 Å². The quantitative estimate of drug-likeness (QED) is 0.134. The Hall–Kier alpha value is -3.34. The van der Waals surface area contributed by atoms with E-state index in [0.717, 1.165) is 15.8 Å². The van der Waals surface area contributed by atoms with Gasteiger partial charge in [-0.1, -0.05) is 57.5 Å². The van der Waals surface area contributed by atoms with Crippen molar-refractivity contribution in [1.29, 1.82) is 0 Å². The molecule has 11 heteroatoms. The highest BCUT2D eigenvalue weighted by Gasteiger charge is 2.21. The molecule has 0 radical (unpaired) electrons. The Morgan fingerprint density at radius 2 is 1.92 bits per heavy atom. The SMILES string of the molecule is C[C@H](Sc1nnc(CNc2ccc(Br)cc2)n1-c1ccccc1)C(=O)N/N=C\c1cc(Cl)ccc1O. The summed E-state index contributed by atoms with van der Waals surface area (Å²) in [6.45, 7) is 2.20. The van der Waals surface area contributed by atoms with E-state index in [-0.39, 0.29) is 11.7 Å². The van der Waals surface area contributed by atoms with Crippen molar-refractivity contribution < 1.29 is 9.90 Å². The molecule has 184 valence electrons. The van der Waals surface area contributed by atoms with Crippen LogP contribution in [0.2, 0.25) is 5.02 Å². The molecule has 0 aliphatic heterocycles. The summed E-state index contributed by atoms with van der Waals surface area (Å²) in [6.07, 6.45) is 1.34. The molecule has 0 saturated heterocycles. The molecule has 36 heavy (non-hydrogen) atoms. The zero-order valence-corrected chi connectivity index (χ0v) is 22.3. The van der Waals surface area contributed by atoms with E-state index < -0.39 is 5.25 Å². The number of thioether (sulfide) groups is 1. The van der Waals surface area contributed by atoms with Crippen LogP contribution in [0.1, 0.15) is 18.3 Å². The maximum atomic E-state index is 12.7. The Bertz CT molecular complexity index is 1360. The Kier molecular flexibility index (Phi) is 8.63. The molecule has 0 fully saturated rings. The first-order valence-corrected chi connectivity index (χ1v) is 12.9. The fourth-order valence-corrected chi connectivity index (χ4v) is 4.50. The normalized spacial score (nSPS) is 12.0. The van der Waals surface area contributed by atoms with Gasteiger partial charge < -0.3 is 10.4 Å². The molecular weight excluding hydrogens is 564 g/mol. The molecule has 0 aliphatic rings. The van der Waals surface area contributed by atoms with Crippen LogP contribution >= 0.6 is 39.3 Å². The van der Waals surface area contributed by atoms with Gasteiger partial charge in [0.25, 0.3) is 5.91 Å². The number of halogens is 2. The van der Waals surface area contributed by atoms with E-state index in [9.17, 15) is 9.90 Å². The highest BCUT2D eigenvalue weighted by Crippen LogP contribution is 2.26. The summed E-state index contributed by atoms with van der Waals surface area (Å²) in [4.78, 5) is 12.7. The first kappa shape index (κ1) is 25.7. The van der Waals surface area contributed by atoms with Crippen molar-refractivity contribution in [3.63, 3.8) is 0 Å². The van der Waals surface area contributed by atoms with Gasteiger partial charge in [0.15, 0.2) is 11.0 Å². The number of aromatic hydroxyl groups is 1. The van der Waals surface area contributed by atoms with E-state index in [1.807, 2.05) is 59.2 Å². The minimum Gasteiger partial charge on any atom is -0.507 e. The molecule has 1 heterocycles. The number of amides is 1. The molecule has 0 bridgehead atoms. The highest BCUT2D eigenvalue weighted by molar-refractivity contribution is 9.10. The number of nitrogens with zero attached hydrogens (tertiary/aromatic N) is 4. The largest absolute Gasteiger partial charge is 0.507 e. The van der Waals surface area contributed by atoms with Crippen molar-refractivity contribution >= 4 is 57.1 Å². The van der Waals surface area contributed by atoms with Gasteiger partial charge in [0, 0.05) is 26.4 Å². The number of phenols is 1. The maximum absolute atomic E-state index is 12.7. The molecule has 1 aromatic heterocycles. The predicted octanol–water partition coefficient (Wildman–Crippen LogP) is 5.63. The summed E-state index contributed by atoms with van der Waals surface area (Å²) in [5.74, 6) is 0.392. The molecule has 3 aromatic carbocycles. The van der Waals surface area contributed by atoms with Gasteiger partial charge in [-0.05, 0) is 61.5 Å². The van der Waals surface area contributed by atoms with Crippen molar-refractivity contribution in [2.75, 3.05) is 5.32 Å². The van der Waals surface area contributed by atoms with Crippen LogP contribution in [0.15, 0.2) is 87.5 Å². The third-order valence-corrected chi connectivity index (χ3v) is 6.84. The molecule has 1 amide bonds. The van der Waals surface area contributed by atoms with Crippen LogP contribution in [-0.2, 0) is 11.3 Å². The number of aromatic nitrogens is 3. The van der Waals surface area contributed by atoms with Crippen molar-refractivity contribution in [1.82, 2.24) is 20.2 Å². The number of rotatable bonds is 9. The number of carbonyl (C=O) groups is 1. The first-order valence-electron chi connectivity index (χ1n) is 10.9. The number of hydrogen-bond acceptors (Lipinski definition) is 7. The van der Waals surface area contributed by atoms with Gasteiger partial charge in [-0.3, -0.25) is 9.36 Å². The summed E-state index contributed by atoms with van der Waals surface area (Å²) in [7, 11) is 0. The number of para-hydroxylation sites is 1. The summed E-state index contributed by atoms with van der Waals surface area (Å²) in [5, 5.41) is 26.4. The lowest BCUT2D eigenvalue weighted by molar-refractivity contribution is -0.120. The zero-order valence-electron chi connectivity index (χ0n) is 19.1. The first-order chi connectivity index (χ1) is 17.4. The standard InChI is InChI=1S/C25H22BrClN6O2S/c1-16(24(35)31-29-14-17-13-19(27)9-12-22(17)34)36-25-32-30-23(33(25)21-5-3-2-4-6-21)15-28-20-10-7-18(26)8-11-20/h2-14,16,28,34H,15H2,1H3,(H,31,35)/b29-14-/t16-/m0/s1. The third kappa shape index (κ3) is 6.66. The van der Waals surface area contributed by atoms with Crippen LogP contribution in [0.5, 0.6) is 5.75 Å². The van der Waals surface area contributed by atoms with E-state index in [0.29, 0.717) is 28.1 Å². The minimum atomic E-state index is -0.519. The summed E-state index contributed by atoms with van der Waals surface area (Å²) >= 11 is 10.7. The molecule has 4 aromatic rings. The van der Waals surface area contributed by atoms with Crippen molar-refractivity contribution in [3.05, 3.63) is 93.7 Å². The smallest absolute Gasteiger partial charge is 0.253 e. The minimum absolute atomic E-state index is 0.0139. The molecule has 8 nitrogen and oxygen atoms in total. The molecule has 4 rings (SSSR count). The summed E-state index contributed by atoms with van der Waals surface area (Å²) < 4.78 is 2.92. The second-order valence-electron chi connectivity index (χ2n) is 7.63. The number of benzene rings is 3. The van der Waals surface area contributed by atoms with Gasteiger partial charge in [0.05, 0.1) is 18.0 Å². The van der Waals surface area contributed by atoms with E-state index in [1.165, 1.54) is 24.0 Å². The van der Waals surface area contributed by atoms with Crippen LogP contribution < -0.4 is 10.7 Å². The van der Waals surface area contributed by atoms with Crippen LogP contribution in [0.4, 0.5) is 5.69 Å². The van der Waals surface area contributed by atoms with E-state index in [2.05, 4.69) is 42.0 Å². The number of anilines is 1. The molecule has 3 N–H and O–H groups in total. The second-order valence-corrected chi connectivity index (χ2v) is 10.3. The van der Waals surface area contributed by atoms with E-state index >= 15 is 0 Å². The van der Waals surface area contributed by atoms with Crippen LogP contribution in [0.25, 0.3) is 5.69 Å². The van der Waals surface area contributed by atoms with Gasteiger partial charge >= 0.3 is 0 Å². The van der Waals surface area contributed by atoms with E-state index in [4.69, 9.17) is 11.6 Å². The lowest BCUT2D eigenvalue weighted by Gasteiger charge is -2.13. The average molecular weight is 586 g/mol. The fraction of sp³-hybridized carbons (Fsp3) is 0.120. The molecule has 0 saturated carbocycles. The molecule has 0 aliphatic carbocycles. The van der Waals surface area contributed by atoms with Crippen molar-refractivity contribution in [3.8, 4) is 11.4 Å². The van der Waals surface area contributed by atoms with Crippen LogP contribution in [0.3, 0.4) is 0 Å². The van der Waals surface area contributed by atoms with Crippen molar-refractivity contribution in [2.45, 2.75) is 23.9 Å². The number of hydrazone groups is 1. The lowest BCUT2D eigenvalue weighted by Crippen LogP contribution is -2.27. The Balaban J connectivity index is 1.47. The Labute approximate surface area is 225 Å². The number of hydrogen-bond donors (Lipinski definition) is 3. The van der Waals surface area contributed by atoms with Gasteiger partial charge in [-0.15, -0.1) is 10.2 Å².